The number of rotatable bonds is 10. The van der Waals surface area contributed by atoms with Crippen LogP contribution in [0.4, 0.5) is 4.79 Å². The lowest BCUT2D eigenvalue weighted by molar-refractivity contribution is 0.269. The van der Waals surface area contributed by atoms with Crippen molar-refractivity contribution >= 4 is 48.2 Å². The van der Waals surface area contributed by atoms with Crippen LogP contribution in [0.3, 0.4) is 0 Å². The van der Waals surface area contributed by atoms with E-state index in [1.165, 1.54) is 0 Å². The molecule has 0 aromatic heterocycles. The summed E-state index contributed by atoms with van der Waals surface area (Å²) < 4.78 is 12.8. The van der Waals surface area contributed by atoms with Crippen LogP contribution in [0, 0.1) is 0 Å². The number of benzene rings is 2. The van der Waals surface area contributed by atoms with Crippen molar-refractivity contribution in [1.29, 1.82) is 0 Å². The molecule has 0 N–H and O–H groups in total. The second-order valence-corrected chi connectivity index (χ2v) is 28.0. The number of hydrogen-bond acceptors (Lipinski definition) is 3. The van der Waals surface area contributed by atoms with Crippen LogP contribution in [0.5, 0.6) is 0 Å². The Hall–Kier alpha value is -1.10. The molecule has 7 heteroatoms. The third-order valence-electron chi connectivity index (χ3n) is 5.41. The molecule has 0 fully saturated rings. The third kappa shape index (κ3) is 6.45. The molecule has 0 aliphatic carbocycles. The Morgan fingerprint density at radius 1 is 0.600 bits per heavy atom. The highest BCUT2D eigenvalue weighted by Crippen LogP contribution is 2.21. The molecule has 2 aromatic carbocycles. The standard InChI is InChI=1S/C23H38O3Si4/c1-27(2,3)25-19-29(7,21-15-11-9-12-16-21)23(24)30(8,20-26-28(4,5)6)22-17-13-10-14-18-22/h9-18H,19-20H2,1-8H3. The fourth-order valence-corrected chi connectivity index (χ4v) is 18.4. The van der Waals surface area contributed by atoms with Crippen LogP contribution in [0.15, 0.2) is 60.7 Å². The Kier molecular flexibility index (Phi) is 8.04. The Morgan fingerprint density at radius 2 is 0.900 bits per heavy atom. The van der Waals surface area contributed by atoms with E-state index in [1.807, 2.05) is 36.4 Å². The molecular formula is C23H38O3Si4. The molecule has 3 nitrogen and oxygen atoms in total. The highest BCUT2D eigenvalue weighted by atomic mass is 28.4. The third-order valence-corrected chi connectivity index (χ3v) is 18.0. The molecule has 164 valence electrons. The van der Waals surface area contributed by atoms with E-state index in [-0.39, 0.29) is 0 Å². The molecule has 2 aromatic rings. The van der Waals surface area contributed by atoms with Gasteiger partial charge >= 0.3 is 0 Å². The molecule has 0 amide bonds. The van der Waals surface area contributed by atoms with E-state index in [4.69, 9.17) is 8.85 Å². The summed E-state index contributed by atoms with van der Waals surface area (Å²) in [5.74, 6) is 0. The monoisotopic (exact) mass is 474 g/mol. The minimum Gasteiger partial charge on any atom is -0.420 e. The lowest BCUT2D eigenvalue weighted by Crippen LogP contribution is -2.71. The molecule has 2 atom stereocenters. The Bertz CT molecular complexity index is 762. The first kappa shape index (κ1) is 25.2. The molecule has 0 saturated heterocycles. The van der Waals surface area contributed by atoms with Gasteiger partial charge in [0.15, 0.2) is 32.8 Å². The van der Waals surface area contributed by atoms with Gasteiger partial charge in [-0.2, -0.15) is 0 Å². The molecule has 0 heterocycles. The Morgan fingerprint density at radius 3 is 1.17 bits per heavy atom. The molecule has 0 spiro atoms. The first-order chi connectivity index (χ1) is 13.8. The zero-order valence-electron chi connectivity index (χ0n) is 19.9. The molecule has 2 rings (SSSR count). The van der Waals surface area contributed by atoms with Crippen molar-refractivity contribution in [3.8, 4) is 0 Å². The van der Waals surface area contributed by atoms with E-state index in [0.29, 0.717) is 17.5 Å². The maximum atomic E-state index is 14.5. The van der Waals surface area contributed by atoms with E-state index in [9.17, 15) is 4.79 Å². The van der Waals surface area contributed by atoms with Gasteiger partial charge in [0.05, 0.1) is 0 Å². The second-order valence-electron chi connectivity index (χ2n) is 10.5. The predicted molar refractivity (Wildman–Crippen MR) is 139 cm³/mol. The van der Waals surface area contributed by atoms with Crippen molar-refractivity contribution in [1.82, 2.24) is 0 Å². The van der Waals surface area contributed by atoms with Gasteiger partial charge in [-0.15, -0.1) is 0 Å². The van der Waals surface area contributed by atoms with Gasteiger partial charge in [0.25, 0.3) is 0 Å². The zero-order valence-corrected chi connectivity index (χ0v) is 23.9. The van der Waals surface area contributed by atoms with Crippen molar-refractivity contribution < 1.29 is 13.6 Å². The number of carbonyl (C=O) groups excluding carboxylic acids is 1. The molecule has 30 heavy (non-hydrogen) atoms. The largest absolute Gasteiger partial charge is 0.420 e. The van der Waals surface area contributed by atoms with Crippen molar-refractivity contribution in [2.75, 3.05) is 12.5 Å². The van der Waals surface area contributed by atoms with Crippen LogP contribution in [0.1, 0.15) is 0 Å². The van der Waals surface area contributed by atoms with Gasteiger partial charge in [-0.05, 0) is 49.7 Å². The molecule has 0 aliphatic heterocycles. The molecule has 0 saturated carbocycles. The lowest BCUT2D eigenvalue weighted by atomic mass is 10.4. The normalized spacial score (nSPS) is 16.5. The fourth-order valence-electron chi connectivity index (χ4n) is 3.50. The molecule has 2 unspecified atom stereocenters. The smallest absolute Gasteiger partial charge is 0.183 e. The average molecular weight is 475 g/mol. The van der Waals surface area contributed by atoms with E-state index in [1.54, 1.807) is 0 Å². The van der Waals surface area contributed by atoms with Gasteiger partial charge in [-0.25, -0.2) is 0 Å². The molecule has 0 aliphatic rings. The Balaban J connectivity index is 2.56. The molecular weight excluding hydrogens is 437 g/mol. The van der Waals surface area contributed by atoms with Crippen LogP contribution in [-0.2, 0) is 8.85 Å². The summed E-state index contributed by atoms with van der Waals surface area (Å²) >= 11 is 0. The summed E-state index contributed by atoms with van der Waals surface area (Å²) in [5.41, 5.74) is 0. The van der Waals surface area contributed by atoms with E-state index in [2.05, 4.69) is 76.6 Å². The van der Waals surface area contributed by atoms with Gasteiger partial charge < -0.3 is 13.6 Å². The van der Waals surface area contributed by atoms with E-state index in [0.717, 1.165) is 10.4 Å². The first-order valence-electron chi connectivity index (χ1n) is 10.7. The summed E-state index contributed by atoms with van der Waals surface area (Å²) in [5, 5.41) is 2.75. The van der Waals surface area contributed by atoms with Crippen LogP contribution >= 0.6 is 0 Å². The summed E-state index contributed by atoms with van der Waals surface area (Å²) in [7, 11) is -8.68. The summed E-state index contributed by atoms with van der Waals surface area (Å²) in [6.45, 7) is 17.6. The molecule has 0 bridgehead atoms. The summed E-state index contributed by atoms with van der Waals surface area (Å²) in [4.78, 5) is 14.5. The maximum Gasteiger partial charge on any atom is 0.183 e. The highest BCUT2D eigenvalue weighted by Gasteiger charge is 2.51. The van der Waals surface area contributed by atoms with Gasteiger partial charge in [-0.3, -0.25) is 0 Å². The zero-order chi connectivity index (χ0) is 22.6. The van der Waals surface area contributed by atoms with E-state index >= 15 is 0 Å². The minimum absolute atomic E-state index is 0.420. The van der Waals surface area contributed by atoms with Crippen molar-refractivity contribution in [2.45, 2.75) is 52.4 Å². The maximum absolute atomic E-state index is 14.5. The van der Waals surface area contributed by atoms with Crippen LogP contribution < -0.4 is 10.4 Å². The highest BCUT2D eigenvalue weighted by molar-refractivity contribution is 7.39. The lowest BCUT2D eigenvalue weighted by Gasteiger charge is -2.38. The Labute approximate surface area is 187 Å². The van der Waals surface area contributed by atoms with Gasteiger partial charge in [0, 0.05) is 12.5 Å². The number of hydrogen-bond donors (Lipinski definition) is 0. The summed E-state index contributed by atoms with van der Waals surface area (Å²) in [6.07, 6.45) is 1.10. The quantitative estimate of drug-likeness (QED) is 0.453. The van der Waals surface area contributed by atoms with Crippen molar-refractivity contribution in [2.24, 2.45) is 0 Å². The summed E-state index contributed by atoms with van der Waals surface area (Å²) in [6, 6.07) is 20.7. The number of carbonyl (C=O) groups is 1. The fraction of sp³-hybridized carbons (Fsp3) is 0.435. The van der Waals surface area contributed by atoms with Crippen molar-refractivity contribution in [3.63, 3.8) is 0 Å². The van der Waals surface area contributed by atoms with Gasteiger partial charge in [0.1, 0.15) is 5.03 Å². The molecule has 0 radical (unpaired) electrons. The van der Waals surface area contributed by atoms with Crippen molar-refractivity contribution in [3.05, 3.63) is 60.7 Å². The average Bonchev–Trinajstić information content (AvgIpc) is 2.70. The van der Waals surface area contributed by atoms with Crippen LogP contribution in [0.2, 0.25) is 52.4 Å². The SMILES string of the molecule is C[Si](C)(C)OC[Si](C)(C(=O)[Si](C)(CO[Si](C)(C)C)c1ccccc1)c1ccccc1. The second kappa shape index (κ2) is 9.58. The topological polar surface area (TPSA) is 35.5 Å². The first-order valence-corrected chi connectivity index (χ1v) is 22.9. The van der Waals surface area contributed by atoms with E-state index < -0.39 is 32.8 Å². The van der Waals surface area contributed by atoms with Crippen LogP contribution in [0.25, 0.3) is 0 Å². The van der Waals surface area contributed by atoms with Gasteiger partial charge in [0.2, 0.25) is 0 Å². The van der Waals surface area contributed by atoms with Gasteiger partial charge in [-0.1, -0.05) is 73.8 Å². The minimum atomic E-state index is -2.58. The van der Waals surface area contributed by atoms with Crippen LogP contribution in [-0.4, -0.2) is 50.3 Å². The predicted octanol–water partition coefficient (Wildman–Crippen LogP) is 5.02.